The van der Waals surface area contributed by atoms with Gasteiger partial charge in [-0.2, -0.15) is 0 Å². The number of hydrogen-bond donors (Lipinski definition) is 1. The minimum atomic E-state index is -0.177. The minimum absolute atomic E-state index is 0.0398. The van der Waals surface area contributed by atoms with E-state index in [1.54, 1.807) is 11.3 Å². The van der Waals surface area contributed by atoms with Crippen LogP contribution in [-0.2, 0) is 11.3 Å². The first-order valence-corrected chi connectivity index (χ1v) is 9.73. The van der Waals surface area contributed by atoms with Crippen molar-refractivity contribution >= 4 is 54.2 Å². The molecular weight excluding hydrogens is 412 g/mol. The van der Waals surface area contributed by atoms with Gasteiger partial charge in [-0.15, -0.1) is 11.3 Å². The van der Waals surface area contributed by atoms with Gasteiger partial charge in [-0.05, 0) is 44.9 Å². The molecule has 1 heterocycles. The Morgan fingerprint density at radius 2 is 1.88 bits per heavy atom. The molecule has 0 saturated heterocycles. The average Bonchev–Trinajstić information content (AvgIpc) is 3.09. The van der Waals surface area contributed by atoms with Crippen LogP contribution in [0, 0.1) is 0 Å². The van der Waals surface area contributed by atoms with Crippen molar-refractivity contribution in [2.75, 3.05) is 6.61 Å². The number of amides is 1. The second kappa shape index (κ2) is 7.43. The van der Waals surface area contributed by atoms with Crippen LogP contribution in [0.4, 0.5) is 0 Å². The van der Waals surface area contributed by atoms with Crippen molar-refractivity contribution in [2.45, 2.75) is 6.54 Å². The topological polar surface area (TPSA) is 51.2 Å². The normalized spacial score (nSPS) is 11.0. The van der Waals surface area contributed by atoms with Gasteiger partial charge in [-0.25, -0.2) is 4.98 Å². The first kappa shape index (κ1) is 17.0. The highest BCUT2D eigenvalue weighted by Gasteiger charge is 2.09. The summed E-state index contributed by atoms with van der Waals surface area (Å²) in [5.41, 5.74) is 0.957. The number of benzene rings is 3. The average molecular weight is 427 g/mol. The van der Waals surface area contributed by atoms with Crippen LogP contribution in [-0.4, -0.2) is 17.5 Å². The Hall–Kier alpha value is -2.44. The van der Waals surface area contributed by atoms with Crippen LogP contribution in [0.25, 0.3) is 21.0 Å². The maximum Gasteiger partial charge on any atom is 0.258 e. The predicted octanol–water partition coefficient (Wildman–Crippen LogP) is 4.91. The number of fused-ring (bicyclic) bond motifs is 2. The van der Waals surface area contributed by atoms with E-state index in [-0.39, 0.29) is 12.5 Å². The van der Waals surface area contributed by atoms with Gasteiger partial charge >= 0.3 is 0 Å². The maximum absolute atomic E-state index is 12.1. The molecule has 0 aliphatic heterocycles. The van der Waals surface area contributed by atoms with Gasteiger partial charge in [0.15, 0.2) is 6.61 Å². The van der Waals surface area contributed by atoms with Crippen molar-refractivity contribution in [2.24, 2.45) is 0 Å². The third-order valence-corrected chi connectivity index (χ3v) is 5.82. The van der Waals surface area contributed by atoms with Crippen molar-refractivity contribution in [1.29, 1.82) is 0 Å². The number of carbonyl (C=O) groups is 1. The van der Waals surface area contributed by atoms with Crippen LogP contribution in [0.3, 0.4) is 0 Å². The van der Waals surface area contributed by atoms with Gasteiger partial charge in [0.1, 0.15) is 10.8 Å². The molecule has 0 atom stereocenters. The number of rotatable bonds is 5. The van der Waals surface area contributed by atoms with Crippen LogP contribution < -0.4 is 10.1 Å². The van der Waals surface area contributed by atoms with Crippen molar-refractivity contribution < 1.29 is 9.53 Å². The molecule has 4 nitrogen and oxygen atoms in total. The Labute approximate surface area is 162 Å². The number of thiazole rings is 1. The Kier molecular flexibility index (Phi) is 4.86. The maximum atomic E-state index is 12.1. The summed E-state index contributed by atoms with van der Waals surface area (Å²) in [7, 11) is 0. The summed E-state index contributed by atoms with van der Waals surface area (Å²) in [6.07, 6.45) is 0. The van der Waals surface area contributed by atoms with Crippen molar-refractivity contribution in [3.8, 4) is 5.75 Å². The van der Waals surface area contributed by atoms with Crippen molar-refractivity contribution in [1.82, 2.24) is 10.3 Å². The quantitative estimate of drug-likeness (QED) is 0.493. The van der Waals surface area contributed by atoms with E-state index >= 15 is 0 Å². The Morgan fingerprint density at radius 3 is 2.77 bits per heavy atom. The highest BCUT2D eigenvalue weighted by molar-refractivity contribution is 9.10. The number of carbonyl (C=O) groups excluding carboxylic acids is 1. The van der Waals surface area contributed by atoms with Crippen LogP contribution in [0.15, 0.2) is 65.1 Å². The van der Waals surface area contributed by atoms with Gasteiger partial charge in [0.2, 0.25) is 0 Å². The molecular formula is C20H15BrN2O2S. The highest BCUT2D eigenvalue weighted by Crippen LogP contribution is 2.33. The number of nitrogens with one attached hydrogen (secondary N) is 1. The second-order valence-corrected chi connectivity index (χ2v) is 7.65. The van der Waals surface area contributed by atoms with Crippen LogP contribution >= 0.6 is 27.3 Å². The zero-order chi connectivity index (χ0) is 17.9. The standard InChI is InChI=1S/C20H15BrN2O2S/c21-20-14-6-2-1-5-13(14)9-10-16(20)25-12-18(24)22-11-19-23-15-7-3-4-8-17(15)26-19/h1-10H,11-12H2,(H,22,24). The first-order chi connectivity index (χ1) is 12.7. The lowest BCUT2D eigenvalue weighted by Crippen LogP contribution is -2.28. The van der Waals surface area contributed by atoms with Crippen LogP contribution in [0.2, 0.25) is 0 Å². The van der Waals surface area contributed by atoms with E-state index in [9.17, 15) is 4.79 Å². The molecule has 1 N–H and O–H groups in total. The second-order valence-electron chi connectivity index (χ2n) is 5.74. The SMILES string of the molecule is O=C(COc1ccc2ccccc2c1Br)NCc1nc2ccccc2s1. The van der Waals surface area contributed by atoms with Crippen molar-refractivity contribution in [3.63, 3.8) is 0 Å². The molecule has 6 heteroatoms. The largest absolute Gasteiger partial charge is 0.483 e. The van der Waals surface area contributed by atoms with Gasteiger partial charge in [0.05, 0.1) is 21.2 Å². The summed E-state index contributed by atoms with van der Waals surface area (Å²) in [5, 5.41) is 5.91. The lowest BCUT2D eigenvalue weighted by molar-refractivity contribution is -0.123. The Bertz CT molecular complexity index is 1060. The van der Waals surface area contributed by atoms with E-state index < -0.39 is 0 Å². The van der Waals surface area contributed by atoms with Gasteiger partial charge in [0.25, 0.3) is 5.91 Å². The summed E-state index contributed by atoms with van der Waals surface area (Å²) in [5.74, 6) is 0.475. The summed E-state index contributed by atoms with van der Waals surface area (Å²) in [6, 6.07) is 19.8. The number of ether oxygens (including phenoxy) is 1. The molecule has 4 aromatic rings. The molecule has 130 valence electrons. The molecule has 4 rings (SSSR count). The minimum Gasteiger partial charge on any atom is -0.483 e. The molecule has 1 amide bonds. The van der Waals surface area contributed by atoms with E-state index in [1.807, 2.05) is 60.7 Å². The number of aromatic nitrogens is 1. The molecule has 0 bridgehead atoms. The van der Waals surface area contributed by atoms with Gasteiger partial charge < -0.3 is 10.1 Å². The summed E-state index contributed by atoms with van der Waals surface area (Å²) >= 11 is 5.15. The molecule has 0 fully saturated rings. The third kappa shape index (κ3) is 3.57. The zero-order valence-electron chi connectivity index (χ0n) is 13.7. The Balaban J connectivity index is 1.37. The smallest absolute Gasteiger partial charge is 0.258 e. The van der Waals surface area contributed by atoms with E-state index in [4.69, 9.17) is 4.74 Å². The monoisotopic (exact) mass is 426 g/mol. The third-order valence-electron chi connectivity index (χ3n) is 3.96. The molecule has 1 aromatic heterocycles. The van der Waals surface area contributed by atoms with Gasteiger partial charge in [0, 0.05) is 0 Å². The predicted molar refractivity (Wildman–Crippen MR) is 109 cm³/mol. The van der Waals surface area contributed by atoms with E-state index in [0.29, 0.717) is 12.3 Å². The van der Waals surface area contributed by atoms with Gasteiger partial charge in [-0.1, -0.05) is 42.5 Å². The number of para-hydroxylation sites is 1. The molecule has 3 aromatic carbocycles. The Morgan fingerprint density at radius 1 is 1.08 bits per heavy atom. The number of halogens is 1. The molecule has 0 unspecified atom stereocenters. The highest BCUT2D eigenvalue weighted by atomic mass is 79.9. The van der Waals surface area contributed by atoms with E-state index in [2.05, 4.69) is 26.2 Å². The number of nitrogens with zero attached hydrogens (tertiary/aromatic N) is 1. The molecule has 0 spiro atoms. The van der Waals surface area contributed by atoms with E-state index in [0.717, 1.165) is 30.5 Å². The van der Waals surface area contributed by atoms with Crippen LogP contribution in [0.5, 0.6) is 5.75 Å². The van der Waals surface area contributed by atoms with E-state index in [1.165, 1.54) is 0 Å². The fourth-order valence-corrected chi connectivity index (χ4v) is 4.20. The number of hydrogen-bond acceptors (Lipinski definition) is 4. The molecule has 0 aliphatic rings. The molecule has 0 saturated carbocycles. The van der Waals surface area contributed by atoms with Crippen molar-refractivity contribution in [3.05, 3.63) is 70.1 Å². The summed E-state index contributed by atoms with van der Waals surface area (Å²) < 4.78 is 7.65. The summed E-state index contributed by atoms with van der Waals surface area (Å²) in [6.45, 7) is 0.363. The van der Waals surface area contributed by atoms with Gasteiger partial charge in [-0.3, -0.25) is 4.79 Å². The molecule has 0 radical (unpaired) electrons. The fourth-order valence-electron chi connectivity index (χ4n) is 2.69. The van der Waals surface area contributed by atoms with Crippen LogP contribution in [0.1, 0.15) is 5.01 Å². The lowest BCUT2D eigenvalue weighted by Gasteiger charge is -2.10. The zero-order valence-corrected chi connectivity index (χ0v) is 16.1. The first-order valence-electron chi connectivity index (χ1n) is 8.12. The molecule has 0 aliphatic carbocycles. The molecule has 26 heavy (non-hydrogen) atoms. The summed E-state index contributed by atoms with van der Waals surface area (Å²) in [4.78, 5) is 16.6. The fraction of sp³-hybridized carbons (Fsp3) is 0.100. The lowest BCUT2D eigenvalue weighted by atomic mass is 10.1.